The highest BCUT2D eigenvalue weighted by atomic mass is 16.2. The minimum atomic E-state index is -0.323. The Morgan fingerprint density at radius 1 is 1.41 bits per heavy atom. The number of carbonyl (C=O) groups excluding carboxylic acids is 1. The summed E-state index contributed by atoms with van der Waals surface area (Å²) in [5, 5.41) is 0. The topological polar surface area (TPSA) is 49.6 Å². The fraction of sp³-hybridized carbons (Fsp3) is 0.923. The van der Waals surface area contributed by atoms with Gasteiger partial charge in [0.05, 0.1) is 6.04 Å². The van der Waals surface area contributed by atoms with E-state index in [9.17, 15) is 4.79 Å². The normalized spacial score (nSPS) is 21.6. The van der Waals surface area contributed by atoms with Crippen LogP contribution < -0.4 is 5.73 Å². The maximum atomic E-state index is 12.2. The first-order chi connectivity index (χ1) is 7.97. The van der Waals surface area contributed by atoms with Crippen LogP contribution in [0.25, 0.3) is 0 Å². The van der Waals surface area contributed by atoms with E-state index in [2.05, 4.69) is 32.8 Å². The van der Waals surface area contributed by atoms with E-state index in [0.717, 1.165) is 32.4 Å². The van der Waals surface area contributed by atoms with Gasteiger partial charge in [0, 0.05) is 19.1 Å². The van der Waals surface area contributed by atoms with Crippen molar-refractivity contribution in [2.75, 3.05) is 27.2 Å². The quantitative estimate of drug-likeness (QED) is 0.796. The second-order valence-corrected chi connectivity index (χ2v) is 5.43. The largest absolute Gasteiger partial charge is 0.341 e. The molecule has 1 aliphatic rings. The lowest BCUT2D eigenvalue weighted by molar-refractivity contribution is -0.135. The van der Waals surface area contributed by atoms with E-state index in [1.54, 1.807) is 0 Å². The number of carbonyl (C=O) groups is 1. The molecule has 1 aliphatic heterocycles. The van der Waals surface area contributed by atoms with Crippen molar-refractivity contribution in [1.29, 1.82) is 0 Å². The number of nitrogens with two attached hydrogens (primary N) is 1. The van der Waals surface area contributed by atoms with Gasteiger partial charge in [0.1, 0.15) is 0 Å². The molecule has 0 aromatic rings. The molecule has 1 amide bonds. The summed E-state index contributed by atoms with van der Waals surface area (Å²) >= 11 is 0. The van der Waals surface area contributed by atoms with Crippen molar-refractivity contribution in [3.63, 3.8) is 0 Å². The van der Waals surface area contributed by atoms with E-state index in [1.165, 1.54) is 0 Å². The number of amides is 1. The van der Waals surface area contributed by atoms with Crippen LogP contribution in [-0.2, 0) is 4.79 Å². The Balaban J connectivity index is 2.46. The molecule has 1 heterocycles. The Labute approximate surface area is 105 Å². The average Bonchev–Trinajstić information content (AvgIpc) is 2.36. The molecule has 0 bridgehead atoms. The fourth-order valence-corrected chi connectivity index (χ4v) is 2.31. The lowest BCUT2D eigenvalue weighted by atomic mass is 9.97. The van der Waals surface area contributed by atoms with E-state index < -0.39 is 0 Å². The van der Waals surface area contributed by atoms with Crippen LogP contribution in [0.5, 0.6) is 0 Å². The average molecular weight is 241 g/mol. The molecule has 1 saturated heterocycles. The monoisotopic (exact) mass is 241 g/mol. The summed E-state index contributed by atoms with van der Waals surface area (Å²) in [7, 11) is 4.21. The molecular weight excluding hydrogens is 214 g/mol. The van der Waals surface area contributed by atoms with Crippen molar-refractivity contribution >= 4 is 5.91 Å². The van der Waals surface area contributed by atoms with Gasteiger partial charge in [-0.15, -0.1) is 0 Å². The second kappa shape index (κ2) is 6.36. The van der Waals surface area contributed by atoms with E-state index in [4.69, 9.17) is 5.73 Å². The highest BCUT2D eigenvalue weighted by Gasteiger charge is 2.28. The molecule has 2 atom stereocenters. The Morgan fingerprint density at radius 2 is 1.94 bits per heavy atom. The van der Waals surface area contributed by atoms with Crippen LogP contribution >= 0.6 is 0 Å². The Bertz CT molecular complexity index is 247. The third-order valence-corrected chi connectivity index (χ3v) is 4.05. The molecule has 0 aromatic heterocycles. The van der Waals surface area contributed by atoms with E-state index in [0.29, 0.717) is 6.04 Å². The third kappa shape index (κ3) is 3.68. The van der Waals surface area contributed by atoms with Crippen LogP contribution in [0.15, 0.2) is 0 Å². The minimum absolute atomic E-state index is 0.136. The molecule has 4 nitrogen and oxygen atoms in total. The zero-order valence-electron chi connectivity index (χ0n) is 11.6. The first-order valence-corrected chi connectivity index (χ1v) is 6.68. The molecule has 4 heteroatoms. The predicted octanol–water partition coefficient (Wildman–Crippen LogP) is 0.912. The van der Waals surface area contributed by atoms with Crippen molar-refractivity contribution in [3.8, 4) is 0 Å². The molecule has 0 aromatic carbocycles. The lowest BCUT2D eigenvalue weighted by Gasteiger charge is -2.37. The van der Waals surface area contributed by atoms with Gasteiger partial charge in [0.2, 0.25) is 5.91 Å². The van der Waals surface area contributed by atoms with Gasteiger partial charge in [-0.05, 0) is 32.9 Å². The molecule has 2 unspecified atom stereocenters. The molecule has 1 fully saturated rings. The molecule has 100 valence electrons. The third-order valence-electron chi connectivity index (χ3n) is 4.05. The maximum Gasteiger partial charge on any atom is 0.239 e. The van der Waals surface area contributed by atoms with E-state index in [1.807, 2.05) is 4.90 Å². The van der Waals surface area contributed by atoms with Gasteiger partial charge >= 0.3 is 0 Å². The molecule has 1 rings (SSSR count). The minimum Gasteiger partial charge on any atom is -0.341 e. The Kier molecular flexibility index (Phi) is 5.40. The van der Waals surface area contributed by atoms with Crippen molar-refractivity contribution < 1.29 is 4.79 Å². The summed E-state index contributed by atoms with van der Waals surface area (Å²) in [6, 6.07) is 0.287. The van der Waals surface area contributed by atoms with Crippen LogP contribution in [0.3, 0.4) is 0 Å². The standard InChI is InChI=1S/C13H27N3O/c1-5-10(2)12(14)13(17)16-8-6-11(7-9-16)15(3)4/h10-12H,5-9,14H2,1-4H3. The Hall–Kier alpha value is -0.610. The maximum absolute atomic E-state index is 12.2. The van der Waals surface area contributed by atoms with Crippen LogP contribution in [0.4, 0.5) is 0 Å². The van der Waals surface area contributed by atoms with Gasteiger partial charge in [0.25, 0.3) is 0 Å². The van der Waals surface area contributed by atoms with Crippen molar-refractivity contribution in [2.45, 2.75) is 45.2 Å². The summed E-state index contributed by atoms with van der Waals surface area (Å²) in [4.78, 5) is 16.4. The highest BCUT2D eigenvalue weighted by Crippen LogP contribution is 2.16. The predicted molar refractivity (Wildman–Crippen MR) is 70.7 cm³/mol. The van der Waals surface area contributed by atoms with Gasteiger partial charge in [0.15, 0.2) is 0 Å². The van der Waals surface area contributed by atoms with Crippen LogP contribution in [-0.4, -0.2) is 55.0 Å². The van der Waals surface area contributed by atoms with Crippen molar-refractivity contribution in [1.82, 2.24) is 9.80 Å². The number of piperidine rings is 1. The van der Waals surface area contributed by atoms with Gasteiger partial charge in [-0.25, -0.2) is 0 Å². The zero-order chi connectivity index (χ0) is 13.0. The van der Waals surface area contributed by atoms with E-state index >= 15 is 0 Å². The van der Waals surface area contributed by atoms with Crippen molar-refractivity contribution in [2.24, 2.45) is 11.7 Å². The van der Waals surface area contributed by atoms with Gasteiger partial charge in [-0.3, -0.25) is 4.79 Å². The smallest absolute Gasteiger partial charge is 0.239 e. The number of likely N-dealkylation sites (tertiary alicyclic amines) is 1. The molecule has 0 spiro atoms. The van der Waals surface area contributed by atoms with Crippen LogP contribution in [0.1, 0.15) is 33.1 Å². The number of hydrogen-bond acceptors (Lipinski definition) is 3. The molecule has 0 radical (unpaired) electrons. The summed E-state index contributed by atoms with van der Waals surface area (Å²) in [5.41, 5.74) is 5.99. The molecule has 17 heavy (non-hydrogen) atoms. The van der Waals surface area contributed by atoms with Gasteiger partial charge in [-0.1, -0.05) is 20.3 Å². The molecule has 0 aliphatic carbocycles. The van der Waals surface area contributed by atoms with Gasteiger partial charge < -0.3 is 15.5 Å². The molecule has 0 saturated carbocycles. The number of rotatable bonds is 4. The fourth-order valence-electron chi connectivity index (χ4n) is 2.31. The summed E-state index contributed by atoms with van der Waals surface area (Å²) in [5.74, 6) is 0.408. The SMILES string of the molecule is CCC(C)C(N)C(=O)N1CCC(N(C)C)CC1. The van der Waals surface area contributed by atoms with Crippen molar-refractivity contribution in [3.05, 3.63) is 0 Å². The lowest BCUT2D eigenvalue weighted by Crippen LogP contribution is -2.51. The summed E-state index contributed by atoms with van der Waals surface area (Å²) < 4.78 is 0. The summed E-state index contributed by atoms with van der Waals surface area (Å²) in [6.45, 7) is 5.84. The molecule has 2 N–H and O–H groups in total. The highest BCUT2D eigenvalue weighted by molar-refractivity contribution is 5.82. The second-order valence-electron chi connectivity index (χ2n) is 5.43. The van der Waals surface area contributed by atoms with Crippen LogP contribution in [0.2, 0.25) is 0 Å². The Morgan fingerprint density at radius 3 is 2.35 bits per heavy atom. The van der Waals surface area contributed by atoms with Gasteiger partial charge in [-0.2, -0.15) is 0 Å². The van der Waals surface area contributed by atoms with E-state index in [-0.39, 0.29) is 17.9 Å². The number of nitrogens with zero attached hydrogens (tertiary/aromatic N) is 2. The first-order valence-electron chi connectivity index (χ1n) is 6.68. The zero-order valence-corrected chi connectivity index (χ0v) is 11.6. The van der Waals surface area contributed by atoms with Crippen LogP contribution in [0, 0.1) is 5.92 Å². The summed E-state index contributed by atoms with van der Waals surface area (Å²) in [6.07, 6.45) is 3.08. The first kappa shape index (κ1) is 14.5. The molecular formula is C13H27N3O. The number of hydrogen-bond donors (Lipinski definition) is 1.